The van der Waals surface area contributed by atoms with Crippen molar-refractivity contribution in [1.82, 2.24) is 9.55 Å². The molecule has 1 saturated heterocycles. The maximum atomic E-state index is 13.7. The van der Waals surface area contributed by atoms with E-state index in [1.54, 1.807) is 29.2 Å². The van der Waals surface area contributed by atoms with Gasteiger partial charge in [0.25, 0.3) is 0 Å². The number of aromatic nitrogens is 2. The lowest BCUT2D eigenvalue weighted by Crippen LogP contribution is -2.24. The van der Waals surface area contributed by atoms with Gasteiger partial charge in [0.1, 0.15) is 17.5 Å². The molecule has 4 nitrogen and oxygen atoms in total. The van der Waals surface area contributed by atoms with Crippen LogP contribution in [-0.4, -0.2) is 22.0 Å². The molecule has 150 valence electrons. The van der Waals surface area contributed by atoms with Gasteiger partial charge < -0.3 is 9.47 Å². The number of nitrogens with zero attached hydrogens (tertiary/aromatic N) is 3. The zero-order valence-corrected chi connectivity index (χ0v) is 16.1. The van der Waals surface area contributed by atoms with Gasteiger partial charge in [-0.1, -0.05) is 30.3 Å². The Hall–Kier alpha value is -3.54. The minimum atomic E-state index is -0.368. The van der Waals surface area contributed by atoms with Gasteiger partial charge in [-0.25, -0.2) is 13.8 Å². The Morgan fingerprint density at radius 3 is 2.53 bits per heavy atom. The second-order valence-corrected chi connectivity index (χ2v) is 7.56. The van der Waals surface area contributed by atoms with Crippen LogP contribution >= 0.6 is 0 Å². The first kappa shape index (κ1) is 18.5. The molecule has 1 fully saturated rings. The molecule has 1 amide bonds. The van der Waals surface area contributed by atoms with Crippen LogP contribution in [0.15, 0.2) is 72.8 Å². The molecular formula is C24H19F2N3O. The van der Waals surface area contributed by atoms with Crippen LogP contribution in [-0.2, 0) is 11.3 Å². The number of fused-ring (bicyclic) bond motifs is 1. The highest BCUT2D eigenvalue weighted by atomic mass is 19.1. The summed E-state index contributed by atoms with van der Waals surface area (Å²) < 4.78 is 29.1. The van der Waals surface area contributed by atoms with Crippen molar-refractivity contribution in [2.75, 3.05) is 11.4 Å². The van der Waals surface area contributed by atoms with E-state index in [0.717, 1.165) is 22.4 Å². The van der Waals surface area contributed by atoms with E-state index in [4.69, 9.17) is 4.98 Å². The van der Waals surface area contributed by atoms with Crippen LogP contribution < -0.4 is 4.90 Å². The van der Waals surface area contributed by atoms with E-state index >= 15 is 0 Å². The quantitative estimate of drug-likeness (QED) is 0.487. The number of hydrogen-bond donors (Lipinski definition) is 0. The van der Waals surface area contributed by atoms with Crippen LogP contribution in [0.3, 0.4) is 0 Å². The van der Waals surface area contributed by atoms with Crippen LogP contribution in [0.2, 0.25) is 0 Å². The van der Waals surface area contributed by atoms with Gasteiger partial charge in [0.05, 0.1) is 11.0 Å². The number of carbonyl (C=O) groups is 1. The number of benzene rings is 3. The largest absolute Gasteiger partial charge is 0.323 e. The van der Waals surface area contributed by atoms with Gasteiger partial charge in [-0.05, 0) is 48.0 Å². The molecule has 1 atom stereocenters. The maximum Gasteiger partial charge on any atom is 0.227 e. The van der Waals surface area contributed by atoms with Crippen LogP contribution in [0.5, 0.6) is 0 Å². The summed E-state index contributed by atoms with van der Waals surface area (Å²) in [6.45, 7) is 0.968. The predicted octanol–water partition coefficient (Wildman–Crippen LogP) is 4.88. The summed E-state index contributed by atoms with van der Waals surface area (Å²) >= 11 is 0. The molecule has 4 aromatic rings. The van der Waals surface area contributed by atoms with Crippen molar-refractivity contribution >= 4 is 22.6 Å². The van der Waals surface area contributed by atoms with Crippen molar-refractivity contribution < 1.29 is 13.6 Å². The molecule has 1 aliphatic rings. The van der Waals surface area contributed by atoms with Gasteiger partial charge in [-0.15, -0.1) is 0 Å². The minimum absolute atomic E-state index is 0.0500. The molecule has 3 aromatic carbocycles. The standard InChI is InChI=1S/C24H19F2N3O/c25-18-10-8-16(9-11-18)14-29-22-7-2-1-6-21(22)27-24(29)17-12-23(30)28(15-17)20-5-3-4-19(26)13-20/h1-11,13,17H,12,14-15H2. The van der Waals surface area contributed by atoms with Crippen molar-refractivity contribution in [3.05, 3.63) is 95.8 Å². The summed E-state index contributed by atoms with van der Waals surface area (Å²) in [7, 11) is 0. The van der Waals surface area contributed by atoms with Crippen molar-refractivity contribution in [3.8, 4) is 0 Å². The third kappa shape index (κ3) is 3.34. The SMILES string of the molecule is O=C1CC(c2nc3ccccc3n2Cc2ccc(F)cc2)CN1c1cccc(F)c1. The fourth-order valence-corrected chi connectivity index (χ4v) is 4.12. The van der Waals surface area contributed by atoms with E-state index in [1.165, 1.54) is 24.3 Å². The van der Waals surface area contributed by atoms with Gasteiger partial charge in [0.2, 0.25) is 5.91 Å². The van der Waals surface area contributed by atoms with Gasteiger partial charge in [-0.2, -0.15) is 0 Å². The number of anilines is 1. The summed E-state index contributed by atoms with van der Waals surface area (Å²) in [5, 5.41) is 0. The summed E-state index contributed by atoms with van der Waals surface area (Å²) in [6, 6.07) is 20.3. The molecule has 2 heterocycles. The highest BCUT2D eigenvalue weighted by Gasteiger charge is 2.35. The van der Waals surface area contributed by atoms with Gasteiger partial charge in [0, 0.05) is 31.1 Å². The Balaban J connectivity index is 1.52. The zero-order chi connectivity index (χ0) is 20.7. The molecule has 6 heteroatoms. The summed E-state index contributed by atoms with van der Waals surface area (Å²) in [5.74, 6) is 0.00117. The van der Waals surface area contributed by atoms with Crippen molar-refractivity contribution in [1.29, 1.82) is 0 Å². The average Bonchev–Trinajstić information content (AvgIpc) is 3.30. The lowest BCUT2D eigenvalue weighted by atomic mass is 10.1. The Labute approximate surface area is 172 Å². The van der Waals surface area contributed by atoms with Crippen LogP contribution in [0, 0.1) is 11.6 Å². The van der Waals surface area contributed by atoms with Crippen LogP contribution in [0.1, 0.15) is 23.7 Å². The smallest absolute Gasteiger partial charge is 0.227 e. The van der Waals surface area contributed by atoms with E-state index in [9.17, 15) is 13.6 Å². The molecule has 0 spiro atoms. The molecule has 0 saturated carbocycles. The number of carbonyl (C=O) groups excluding carboxylic acids is 1. The number of rotatable bonds is 4. The Morgan fingerprint density at radius 1 is 0.933 bits per heavy atom. The Morgan fingerprint density at radius 2 is 1.73 bits per heavy atom. The van der Waals surface area contributed by atoms with Crippen molar-refractivity contribution in [2.24, 2.45) is 0 Å². The second-order valence-electron chi connectivity index (χ2n) is 7.56. The number of hydrogen-bond acceptors (Lipinski definition) is 2. The second kappa shape index (κ2) is 7.37. The molecule has 0 radical (unpaired) electrons. The first-order valence-electron chi connectivity index (χ1n) is 9.84. The summed E-state index contributed by atoms with van der Waals surface area (Å²) in [5.41, 5.74) is 3.33. The molecule has 0 N–H and O–H groups in total. The molecule has 5 rings (SSSR count). The zero-order valence-electron chi connectivity index (χ0n) is 16.1. The minimum Gasteiger partial charge on any atom is -0.323 e. The molecule has 1 aromatic heterocycles. The van der Waals surface area contributed by atoms with E-state index < -0.39 is 0 Å². The summed E-state index contributed by atoms with van der Waals surface area (Å²) in [6.07, 6.45) is 0.309. The molecular weight excluding hydrogens is 384 g/mol. The number of imidazole rings is 1. The molecule has 1 unspecified atom stereocenters. The Kier molecular flexibility index (Phi) is 4.54. The van der Waals surface area contributed by atoms with E-state index in [1.807, 2.05) is 24.3 Å². The van der Waals surface area contributed by atoms with Gasteiger partial charge >= 0.3 is 0 Å². The molecule has 30 heavy (non-hydrogen) atoms. The lowest BCUT2D eigenvalue weighted by Gasteiger charge is -2.17. The monoisotopic (exact) mass is 403 g/mol. The molecule has 0 aliphatic carbocycles. The van der Waals surface area contributed by atoms with Gasteiger partial charge in [-0.3, -0.25) is 4.79 Å². The van der Waals surface area contributed by atoms with Crippen molar-refractivity contribution in [3.63, 3.8) is 0 Å². The van der Waals surface area contributed by atoms with Crippen LogP contribution in [0.25, 0.3) is 11.0 Å². The third-order valence-corrected chi connectivity index (χ3v) is 5.55. The van der Waals surface area contributed by atoms with E-state index in [-0.39, 0.29) is 23.5 Å². The highest BCUT2D eigenvalue weighted by Crippen LogP contribution is 2.33. The fourth-order valence-electron chi connectivity index (χ4n) is 4.12. The van der Waals surface area contributed by atoms with Crippen LogP contribution in [0.4, 0.5) is 14.5 Å². The topological polar surface area (TPSA) is 38.1 Å². The van der Waals surface area contributed by atoms with Gasteiger partial charge in [0.15, 0.2) is 0 Å². The maximum absolute atomic E-state index is 13.7. The normalized spacial score (nSPS) is 16.5. The lowest BCUT2D eigenvalue weighted by molar-refractivity contribution is -0.117. The first-order chi connectivity index (χ1) is 14.6. The van der Waals surface area contributed by atoms with Crippen molar-refractivity contribution in [2.45, 2.75) is 18.9 Å². The number of para-hydroxylation sites is 2. The predicted molar refractivity (Wildman–Crippen MR) is 111 cm³/mol. The molecule has 0 bridgehead atoms. The first-order valence-corrected chi connectivity index (χ1v) is 9.84. The fraction of sp³-hybridized carbons (Fsp3) is 0.167. The summed E-state index contributed by atoms with van der Waals surface area (Å²) in [4.78, 5) is 19.2. The third-order valence-electron chi connectivity index (χ3n) is 5.55. The van der Waals surface area contributed by atoms with E-state index in [0.29, 0.717) is 25.2 Å². The number of amides is 1. The Bertz CT molecular complexity index is 1230. The highest BCUT2D eigenvalue weighted by molar-refractivity contribution is 5.96. The van der Waals surface area contributed by atoms with E-state index in [2.05, 4.69) is 4.57 Å². The number of halogens is 2. The average molecular weight is 403 g/mol. The molecule has 1 aliphatic heterocycles.